The van der Waals surface area contributed by atoms with E-state index in [1.165, 1.54) is 23.8 Å². The van der Waals surface area contributed by atoms with Crippen molar-refractivity contribution in [1.29, 1.82) is 0 Å². The van der Waals surface area contributed by atoms with Crippen molar-refractivity contribution in [2.75, 3.05) is 24.7 Å². The van der Waals surface area contributed by atoms with Gasteiger partial charge in [0.2, 0.25) is 10.0 Å². The SMILES string of the molecule is CCOC(C)=O.COc1c(-c2ccc3cc(NS(C)(=O)=O)ccc3c2)cc(-n2ccc(=O)[nH]c2=O)cc1C(C)(C)C. The molecule has 0 saturated carbocycles. The normalized spacial score (nSPS) is 11.4. The summed E-state index contributed by atoms with van der Waals surface area (Å²) in [6, 6.07) is 16.2. The van der Waals surface area contributed by atoms with Crippen LogP contribution in [0, 0.1) is 0 Å². The van der Waals surface area contributed by atoms with E-state index < -0.39 is 21.3 Å². The van der Waals surface area contributed by atoms with E-state index in [1.807, 2.05) is 36.4 Å². The third kappa shape index (κ3) is 8.07. The Labute approximate surface area is 239 Å². The molecular weight excluding hydrogens is 546 g/mol. The molecule has 218 valence electrons. The number of aromatic amines is 1. The molecule has 1 aromatic heterocycles. The number of fused-ring (bicyclic) bond motifs is 1. The van der Waals surface area contributed by atoms with Crippen LogP contribution in [0.3, 0.4) is 0 Å². The molecule has 1 heterocycles. The first-order chi connectivity index (χ1) is 19.1. The summed E-state index contributed by atoms with van der Waals surface area (Å²) in [4.78, 5) is 36.2. The van der Waals surface area contributed by atoms with Gasteiger partial charge in [0.05, 0.1) is 25.7 Å². The van der Waals surface area contributed by atoms with Gasteiger partial charge in [-0.05, 0) is 59.0 Å². The fourth-order valence-electron chi connectivity index (χ4n) is 4.26. The second-order valence-electron chi connectivity index (χ2n) is 10.4. The first-order valence-electron chi connectivity index (χ1n) is 12.8. The molecule has 41 heavy (non-hydrogen) atoms. The number of carbonyl (C=O) groups excluding carboxylic acids is 1. The maximum absolute atomic E-state index is 12.5. The van der Waals surface area contributed by atoms with Crippen LogP contribution in [0.25, 0.3) is 27.6 Å². The van der Waals surface area contributed by atoms with E-state index in [4.69, 9.17) is 4.74 Å². The molecule has 0 fully saturated rings. The van der Waals surface area contributed by atoms with E-state index in [2.05, 4.69) is 35.2 Å². The smallest absolute Gasteiger partial charge is 0.332 e. The van der Waals surface area contributed by atoms with Gasteiger partial charge >= 0.3 is 11.7 Å². The van der Waals surface area contributed by atoms with Gasteiger partial charge < -0.3 is 9.47 Å². The van der Waals surface area contributed by atoms with Crippen LogP contribution in [0.2, 0.25) is 0 Å². The number of nitrogens with zero attached hydrogens (tertiary/aromatic N) is 1. The largest absolute Gasteiger partial charge is 0.496 e. The molecule has 0 bridgehead atoms. The van der Waals surface area contributed by atoms with E-state index in [-0.39, 0.29) is 11.4 Å². The zero-order valence-electron chi connectivity index (χ0n) is 24.2. The van der Waals surface area contributed by atoms with Gasteiger partial charge in [-0.15, -0.1) is 0 Å². The van der Waals surface area contributed by atoms with Gasteiger partial charge in [0.25, 0.3) is 5.56 Å². The van der Waals surface area contributed by atoms with Crippen LogP contribution in [0.4, 0.5) is 5.69 Å². The molecule has 0 aliphatic rings. The number of benzene rings is 3. The first-order valence-corrected chi connectivity index (χ1v) is 14.7. The highest BCUT2D eigenvalue weighted by Crippen LogP contribution is 2.41. The van der Waals surface area contributed by atoms with Crippen LogP contribution >= 0.6 is 0 Å². The zero-order valence-corrected chi connectivity index (χ0v) is 25.0. The van der Waals surface area contributed by atoms with Gasteiger partial charge in [-0.3, -0.25) is 23.9 Å². The van der Waals surface area contributed by atoms with Crippen LogP contribution < -0.4 is 20.7 Å². The van der Waals surface area contributed by atoms with E-state index >= 15 is 0 Å². The molecule has 0 radical (unpaired) electrons. The Kier molecular flexibility index (Phi) is 9.44. The summed E-state index contributed by atoms with van der Waals surface area (Å²) in [5, 5.41) is 1.78. The summed E-state index contributed by atoms with van der Waals surface area (Å²) in [6.45, 7) is 9.83. The van der Waals surface area contributed by atoms with Crippen LogP contribution in [-0.2, 0) is 25.0 Å². The van der Waals surface area contributed by atoms with Gasteiger partial charge in [0.1, 0.15) is 5.75 Å². The predicted octanol–water partition coefficient (Wildman–Crippen LogP) is 4.59. The second kappa shape index (κ2) is 12.4. The van der Waals surface area contributed by atoms with Gasteiger partial charge in [-0.25, -0.2) is 13.2 Å². The monoisotopic (exact) mass is 581 g/mol. The Hall–Kier alpha value is -4.38. The van der Waals surface area contributed by atoms with Crippen LogP contribution in [-0.4, -0.2) is 43.9 Å². The molecule has 4 rings (SSSR count). The molecule has 0 aliphatic heterocycles. The number of sulfonamides is 1. The second-order valence-corrected chi connectivity index (χ2v) is 12.1. The number of methoxy groups -OCH3 is 1. The molecule has 0 atom stereocenters. The Bertz CT molecular complexity index is 1800. The van der Waals surface area contributed by atoms with Crippen molar-refractivity contribution in [3.05, 3.63) is 87.2 Å². The van der Waals surface area contributed by atoms with Crippen molar-refractivity contribution in [2.45, 2.75) is 40.0 Å². The molecular formula is C30H35N3O7S. The Morgan fingerprint density at radius 3 is 2.20 bits per heavy atom. The van der Waals surface area contributed by atoms with Crippen molar-refractivity contribution in [3.63, 3.8) is 0 Å². The average molecular weight is 582 g/mol. The summed E-state index contributed by atoms with van der Waals surface area (Å²) < 4.78 is 37.3. The summed E-state index contributed by atoms with van der Waals surface area (Å²) in [5.41, 5.74) is 2.34. The molecule has 3 aromatic carbocycles. The van der Waals surface area contributed by atoms with Crippen LogP contribution in [0.5, 0.6) is 5.75 Å². The average Bonchev–Trinajstić information content (AvgIpc) is 2.86. The minimum absolute atomic E-state index is 0.211. The van der Waals surface area contributed by atoms with E-state index in [0.717, 1.165) is 33.7 Å². The number of anilines is 1. The number of nitrogens with one attached hydrogen (secondary N) is 2. The number of hydrogen-bond acceptors (Lipinski definition) is 7. The van der Waals surface area contributed by atoms with Gasteiger partial charge in [-0.2, -0.15) is 0 Å². The van der Waals surface area contributed by atoms with E-state index in [1.54, 1.807) is 26.2 Å². The van der Waals surface area contributed by atoms with Crippen LogP contribution in [0.1, 0.15) is 40.2 Å². The number of aromatic nitrogens is 2. The topological polar surface area (TPSA) is 137 Å². The maximum atomic E-state index is 12.5. The number of ether oxygens (including phenoxy) is 2. The molecule has 0 unspecified atom stereocenters. The molecule has 4 aromatic rings. The molecule has 0 saturated heterocycles. The number of carbonyl (C=O) groups is 1. The molecule has 0 aliphatic carbocycles. The lowest BCUT2D eigenvalue weighted by Gasteiger charge is -2.25. The Balaban J connectivity index is 0.000000696. The fourth-order valence-corrected chi connectivity index (χ4v) is 4.81. The zero-order chi connectivity index (χ0) is 30.5. The highest BCUT2D eigenvalue weighted by Gasteiger charge is 2.24. The lowest BCUT2D eigenvalue weighted by Crippen LogP contribution is -2.27. The summed E-state index contributed by atoms with van der Waals surface area (Å²) in [6.07, 6.45) is 2.57. The lowest BCUT2D eigenvalue weighted by atomic mass is 9.83. The summed E-state index contributed by atoms with van der Waals surface area (Å²) >= 11 is 0. The Morgan fingerprint density at radius 1 is 1.00 bits per heavy atom. The van der Waals surface area contributed by atoms with Crippen molar-refractivity contribution in [3.8, 4) is 22.6 Å². The van der Waals surface area contributed by atoms with E-state index in [0.29, 0.717) is 23.7 Å². The minimum Gasteiger partial charge on any atom is -0.496 e. The summed E-state index contributed by atoms with van der Waals surface area (Å²) in [5.74, 6) is 0.478. The Morgan fingerprint density at radius 2 is 1.66 bits per heavy atom. The predicted molar refractivity (Wildman–Crippen MR) is 162 cm³/mol. The van der Waals surface area contributed by atoms with Crippen molar-refractivity contribution < 1.29 is 22.7 Å². The number of esters is 1. The molecule has 0 amide bonds. The summed E-state index contributed by atoms with van der Waals surface area (Å²) in [7, 11) is -1.76. The lowest BCUT2D eigenvalue weighted by molar-refractivity contribution is -0.140. The first kappa shape index (κ1) is 31.2. The van der Waals surface area contributed by atoms with Gasteiger partial charge in [0.15, 0.2) is 0 Å². The third-order valence-corrected chi connectivity index (χ3v) is 6.60. The van der Waals surface area contributed by atoms with E-state index in [9.17, 15) is 22.8 Å². The quantitative estimate of drug-likeness (QED) is 0.318. The van der Waals surface area contributed by atoms with Crippen molar-refractivity contribution in [1.82, 2.24) is 9.55 Å². The number of hydrogen-bond donors (Lipinski definition) is 2. The van der Waals surface area contributed by atoms with Crippen molar-refractivity contribution in [2.24, 2.45) is 0 Å². The fraction of sp³-hybridized carbons (Fsp3) is 0.300. The highest BCUT2D eigenvalue weighted by atomic mass is 32.2. The van der Waals surface area contributed by atoms with Gasteiger partial charge in [0, 0.05) is 36.0 Å². The number of rotatable bonds is 6. The van der Waals surface area contributed by atoms with Crippen LogP contribution in [0.15, 0.2) is 70.4 Å². The third-order valence-electron chi connectivity index (χ3n) is 5.99. The molecule has 0 spiro atoms. The standard InChI is InChI=1S/C26H27N3O5S.C4H8O2/c1-26(2,3)22-15-20(29-11-10-23(30)27-25(29)31)14-21(24(22)34-4)18-7-6-17-13-19(28-35(5,32)33)9-8-16(17)12-18;1-3-6-4(2)5/h6-15,28H,1-5H3,(H,27,30,31);3H2,1-2H3. The number of H-pyrrole nitrogens is 1. The van der Waals surface area contributed by atoms with Gasteiger partial charge in [-0.1, -0.05) is 39.0 Å². The van der Waals surface area contributed by atoms with Crippen molar-refractivity contribution >= 4 is 32.5 Å². The maximum Gasteiger partial charge on any atom is 0.332 e. The minimum atomic E-state index is -3.38. The molecule has 11 heteroatoms. The highest BCUT2D eigenvalue weighted by molar-refractivity contribution is 7.92. The molecule has 2 N–H and O–H groups in total. The molecule has 10 nitrogen and oxygen atoms in total.